The molecular formula is C52H90N2O6. The van der Waals surface area contributed by atoms with E-state index in [4.69, 9.17) is 20.9 Å². The molecule has 0 aromatic rings. The van der Waals surface area contributed by atoms with Crippen LogP contribution in [0.2, 0.25) is 0 Å². The first-order chi connectivity index (χ1) is 28.6. The second-order valence-electron chi connectivity index (χ2n) is 23.8. The number of hydrogen-bond acceptors (Lipinski definition) is 8. The van der Waals surface area contributed by atoms with Crippen LogP contribution in [0.15, 0.2) is 0 Å². The lowest BCUT2D eigenvalue weighted by Gasteiger charge is -2.65. The number of ether oxygens (including phenoxy) is 2. The molecular weight excluding hydrogens is 749 g/mol. The Morgan fingerprint density at radius 1 is 0.583 bits per heavy atom. The quantitative estimate of drug-likeness (QED) is 0.142. The van der Waals surface area contributed by atoms with E-state index in [2.05, 4.69) is 55.4 Å². The molecule has 8 aliphatic rings. The lowest BCUT2D eigenvalue weighted by Crippen LogP contribution is -2.62. The summed E-state index contributed by atoms with van der Waals surface area (Å²) >= 11 is 0. The molecule has 8 heteroatoms. The summed E-state index contributed by atoms with van der Waals surface area (Å²) in [5.74, 6) is 7.92. The maximum atomic E-state index is 11.7. The van der Waals surface area contributed by atoms with Gasteiger partial charge < -0.3 is 31.2 Å². The minimum absolute atomic E-state index is 0.00915. The van der Waals surface area contributed by atoms with Gasteiger partial charge in [-0.3, -0.25) is 9.59 Å². The molecule has 0 aromatic heterocycles. The highest BCUT2D eigenvalue weighted by Crippen LogP contribution is 2.71. The molecule has 60 heavy (non-hydrogen) atoms. The molecule has 0 aliphatic heterocycles. The van der Waals surface area contributed by atoms with E-state index in [0.717, 1.165) is 89.1 Å². The summed E-state index contributed by atoms with van der Waals surface area (Å²) in [6, 6.07) is 0. The van der Waals surface area contributed by atoms with Gasteiger partial charge >= 0.3 is 0 Å². The monoisotopic (exact) mass is 839 g/mol. The first kappa shape index (κ1) is 46.8. The standard InChI is InChI=1S/C27H45NO4.C25H45NO2/c1-5-19-23-14-18(31-15-29)8-11-27(23,4)22-9-12-26(3)20(17(2)10-13-28)6-7-21(26)24(22)25(19)32-16-30;1-5-17-21-14-16(27)8-11-25(21,4)20-9-12-24(3)18(15(2)10-13-26)6-7-19(24)22(20)23(17)28/h15-25H,5-14,28H2,1-4H3;15-23,27-28H,5-14,26H2,1-4H3/t17-,18-,19-,20?,21+,22+,23?,24+,25-,26?,27?;15-,16-,17-,18?,19+,20+,21?,22+,23-,24?,25?/m11/s1. The van der Waals surface area contributed by atoms with Crippen LogP contribution in [0, 0.1) is 105 Å². The van der Waals surface area contributed by atoms with Gasteiger partial charge in [0.15, 0.2) is 0 Å². The topological polar surface area (TPSA) is 145 Å². The van der Waals surface area contributed by atoms with Crippen molar-refractivity contribution in [2.75, 3.05) is 13.1 Å². The Morgan fingerprint density at radius 2 is 1.05 bits per heavy atom. The van der Waals surface area contributed by atoms with E-state index in [9.17, 15) is 19.8 Å². The lowest BCUT2D eigenvalue weighted by atomic mass is 9.41. The van der Waals surface area contributed by atoms with Gasteiger partial charge in [-0.2, -0.15) is 0 Å². The number of hydrogen-bond donors (Lipinski definition) is 4. The number of rotatable bonds is 12. The van der Waals surface area contributed by atoms with Crippen LogP contribution in [0.25, 0.3) is 0 Å². The summed E-state index contributed by atoms with van der Waals surface area (Å²) in [5, 5.41) is 22.1. The van der Waals surface area contributed by atoms with E-state index in [1.54, 1.807) is 0 Å². The van der Waals surface area contributed by atoms with Crippen LogP contribution in [0.4, 0.5) is 0 Å². The third kappa shape index (κ3) is 7.57. The number of carbonyl (C=O) groups is 2. The molecule has 8 saturated carbocycles. The highest BCUT2D eigenvalue weighted by Gasteiger charge is 2.67. The fraction of sp³-hybridized carbons (Fsp3) is 0.962. The number of nitrogens with two attached hydrogens (primary N) is 2. The van der Waals surface area contributed by atoms with Gasteiger partial charge in [0, 0.05) is 5.92 Å². The van der Waals surface area contributed by atoms with Crippen molar-refractivity contribution in [3.05, 3.63) is 0 Å². The Hall–Kier alpha value is -1.22. The zero-order chi connectivity index (χ0) is 43.4. The highest BCUT2D eigenvalue weighted by molar-refractivity contribution is 5.38. The van der Waals surface area contributed by atoms with E-state index >= 15 is 0 Å². The highest BCUT2D eigenvalue weighted by atomic mass is 16.5. The SMILES string of the molecule is CC[C@@H]1C2C[C@H](O)CCC2(C)[C@H]2CCC3(C)C([C@H](C)CCN)CC[C@H]3[C@@H]2[C@@H]1O.CC[C@@H]1C2C[C@H](OC=O)CCC2(C)[C@H]2CCC3(C)C([C@H](C)CCN)CC[C@H]3[C@@H]2[C@@H]1OC=O. The average Bonchev–Trinajstić information content (AvgIpc) is 3.76. The molecule has 8 rings (SSSR count). The van der Waals surface area contributed by atoms with E-state index in [0.29, 0.717) is 100 Å². The Bertz CT molecular complexity index is 1460. The molecule has 6 N–H and O–H groups in total. The van der Waals surface area contributed by atoms with Gasteiger partial charge in [0.2, 0.25) is 0 Å². The zero-order valence-electron chi connectivity index (χ0n) is 39.4. The molecule has 0 saturated heterocycles. The van der Waals surface area contributed by atoms with E-state index in [1.807, 2.05) is 0 Å². The second kappa shape index (κ2) is 18.3. The van der Waals surface area contributed by atoms with Crippen molar-refractivity contribution in [3.8, 4) is 0 Å². The van der Waals surface area contributed by atoms with E-state index < -0.39 is 0 Å². The molecule has 0 radical (unpaired) electrons. The Kier molecular flexibility index (Phi) is 14.3. The van der Waals surface area contributed by atoms with Gasteiger partial charge in [-0.1, -0.05) is 61.8 Å². The first-order valence-corrected chi connectivity index (χ1v) is 25.6. The third-order valence-corrected chi connectivity index (χ3v) is 22.0. The predicted octanol–water partition coefficient (Wildman–Crippen LogP) is 9.56. The number of aliphatic hydroxyl groups is 2. The maximum absolute atomic E-state index is 11.7. The number of aliphatic hydroxyl groups excluding tert-OH is 2. The summed E-state index contributed by atoms with van der Waals surface area (Å²) < 4.78 is 11.5. The van der Waals surface area contributed by atoms with Crippen molar-refractivity contribution < 1.29 is 29.3 Å². The summed E-state index contributed by atoms with van der Waals surface area (Å²) in [4.78, 5) is 22.8. The summed E-state index contributed by atoms with van der Waals surface area (Å²) in [5.41, 5.74) is 13.1. The smallest absolute Gasteiger partial charge is 0.293 e. The van der Waals surface area contributed by atoms with Crippen molar-refractivity contribution in [2.45, 2.75) is 195 Å². The molecule has 8 fully saturated rings. The van der Waals surface area contributed by atoms with Gasteiger partial charge in [0.25, 0.3) is 12.9 Å². The summed E-state index contributed by atoms with van der Waals surface area (Å²) in [6.07, 6.45) is 20.2. The van der Waals surface area contributed by atoms with Crippen molar-refractivity contribution in [1.29, 1.82) is 0 Å². The van der Waals surface area contributed by atoms with Crippen LogP contribution in [0.5, 0.6) is 0 Å². The molecule has 0 aromatic carbocycles. The van der Waals surface area contributed by atoms with Gasteiger partial charge in [-0.15, -0.1) is 0 Å². The van der Waals surface area contributed by atoms with Crippen LogP contribution in [0.1, 0.15) is 171 Å². The Balaban J connectivity index is 0.000000183. The average molecular weight is 839 g/mol. The predicted molar refractivity (Wildman–Crippen MR) is 239 cm³/mol. The van der Waals surface area contributed by atoms with Crippen LogP contribution in [-0.4, -0.2) is 60.7 Å². The molecule has 22 atom stereocenters. The van der Waals surface area contributed by atoms with Gasteiger partial charge in [0.05, 0.1) is 12.2 Å². The van der Waals surface area contributed by atoms with Gasteiger partial charge in [-0.05, 0) is 221 Å². The Labute approximate surface area is 365 Å². The maximum Gasteiger partial charge on any atom is 0.293 e. The van der Waals surface area contributed by atoms with Crippen LogP contribution in [-0.2, 0) is 19.1 Å². The molecule has 8 unspecified atom stereocenters. The van der Waals surface area contributed by atoms with Crippen LogP contribution in [0.3, 0.4) is 0 Å². The minimum atomic E-state index is -0.174. The molecule has 8 nitrogen and oxygen atoms in total. The van der Waals surface area contributed by atoms with Gasteiger partial charge in [0.1, 0.15) is 12.2 Å². The van der Waals surface area contributed by atoms with Crippen molar-refractivity contribution in [1.82, 2.24) is 0 Å². The number of fused-ring (bicyclic) bond motifs is 10. The fourth-order valence-corrected chi connectivity index (χ4v) is 19.2. The number of carbonyl (C=O) groups excluding carboxylic acids is 2. The lowest BCUT2D eigenvalue weighted by molar-refractivity contribution is -0.213. The van der Waals surface area contributed by atoms with Crippen molar-refractivity contribution in [2.24, 2.45) is 116 Å². The van der Waals surface area contributed by atoms with Crippen LogP contribution >= 0.6 is 0 Å². The minimum Gasteiger partial charge on any atom is -0.465 e. The third-order valence-electron chi connectivity index (χ3n) is 22.0. The molecule has 0 spiro atoms. The van der Waals surface area contributed by atoms with E-state index in [-0.39, 0.29) is 29.8 Å². The first-order valence-electron chi connectivity index (χ1n) is 25.6. The fourth-order valence-electron chi connectivity index (χ4n) is 19.2. The zero-order valence-corrected chi connectivity index (χ0v) is 39.4. The van der Waals surface area contributed by atoms with Crippen LogP contribution < -0.4 is 11.5 Å². The largest absolute Gasteiger partial charge is 0.465 e. The molecule has 0 heterocycles. The Morgan fingerprint density at radius 3 is 1.57 bits per heavy atom. The molecule has 344 valence electrons. The van der Waals surface area contributed by atoms with Gasteiger partial charge in [-0.25, -0.2) is 0 Å². The summed E-state index contributed by atoms with van der Waals surface area (Å²) in [6.45, 7) is 22.4. The van der Waals surface area contributed by atoms with Crippen molar-refractivity contribution in [3.63, 3.8) is 0 Å². The molecule has 8 aliphatic carbocycles. The second-order valence-corrected chi connectivity index (χ2v) is 23.8. The van der Waals surface area contributed by atoms with E-state index in [1.165, 1.54) is 51.4 Å². The molecule has 0 bridgehead atoms. The summed E-state index contributed by atoms with van der Waals surface area (Å²) in [7, 11) is 0. The normalized spacial score (nSPS) is 51.4. The molecule has 0 amide bonds. The van der Waals surface area contributed by atoms with Crippen molar-refractivity contribution >= 4 is 12.9 Å².